The number of hydrogen-bond acceptors (Lipinski definition) is 0. The molecule has 0 aromatic rings. The van der Waals surface area contributed by atoms with Crippen LogP contribution in [0.5, 0.6) is 0 Å². The maximum absolute atomic E-state index is 0. The van der Waals surface area contributed by atoms with Crippen LogP contribution in [0.15, 0.2) is 0 Å². The molecule has 40 valence electrons. The Morgan fingerprint density at radius 2 is 0.429 bits per heavy atom. The van der Waals surface area contributed by atoms with Crippen molar-refractivity contribution in [1.29, 1.82) is 0 Å². The van der Waals surface area contributed by atoms with Gasteiger partial charge in [-0.05, 0) is 0 Å². The van der Waals surface area contributed by atoms with E-state index in [0.29, 0.717) is 0 Å². The van der Waals surface area contributed by atoms with Crippen molar-refractivity contribution in [2.45, 2.75) is 0 Å². The zero-order chi connectivity index (χ0) is 0. The number of rotatable bonds is 0. The monoisotopic (exact) mass is 146 g/mol. The van der Waals surface area contributed by atoms with Crippen LogP contribution < -0.4 is 74.9 Å². The van der Waals surface area contributed by atoms with Crippen molar-refractivity contribution in [1.82, 2.24) is 0 Å². The van der Waals surface area contributed by atoms with Crippen molar-refractivity contribution >= 4 is 0 Å². The fraction of sp³-hybridized carbons (Fsp3) is 0. The average Bonchev–Trinajstić information content (AvgIpc) is 0. The maximum atomic E-state index is 0. The van der Waals surface area contributed by atoms with Gasteiger partial charge in [0.1, 0.15) is 0 Å². The van der Waals surface area contributed by atoms with Gasteiger partial charge in [0.2, 0.25) is 0 Å². The molecule has 0 aromatic heterocycles. The van der Waals surface area contributed by atoms with Crippen LogP contribution in [0.25, 0.3) is 0 Å². The molecular weight excluding hydrogens is 146 g/mol. The van der Waals surface area contributed by atoms with Crippen LogP contribution >= 0.6 is 0 Å². The molecule has 0 aliphatic rings. The summed E-state index contributed by atoms with van der Waals surface area (Å²) < 4.78 is 0. The van der Waals surface area contributed by atoms with E-state index in [9.17, 15) is 0 Å². The second-order valence-corrected chi connectivity index (χ2v) is 0. The molecule has 0 atom stereocenters. The third-order valence-corrected chi connectivity index (χ3v) is 0. The van der Waals surface area contributed by atoms with Gasteiger partial charge in [0.05, 0.1) is 0 Å². The zero-order valence-electron chi connectivity index (χ0n) is 3.39. The molecular formula is CF5K. The van der Waals surface area contributed by atoms with Crippen LogP contribution in [-0.4, -0.2) is 0 Å². The topological polar surface area (TPSA) is 0 Å². The molecule has 7 heavy (non-hydrogen) atoms. The molecule has 0 unspecified atom stereocenters. The third-order valence-electron chi connectivity index (χ3n) is 0. The van der Waals surface area contributed by atoms with Crippen molar-refractivity contribution in [3.8, 4) is 0 Å². The van der Waals surface area contributed by atoms with E-state index in [2.05, 4.69) is 0 Å². The predicted octanol–water partition coefficient (Wildman–Crippen LogP) is -17.9. The summed E-state index contributed by atoms with van der Waals surface area (Å²) in [6.45, 7) is 0. The summed E-state index contributed by atoms with van der Waals surface area (Å²) in [4.78, 5) is 0. The molecule has 0 saturated heterocycles. The normalized spacial score (nSPS) is 0. The first kappa shape index (κ1) is 266. The molecule has 0 amide bonds. The summed E-state index contributed by atoms with van der Waals surface area (Å²) in [7, 11) is 0. The minimum Gasteiger partial charge on any atom is -1.00 e. The van der Waals surface area contributed by atoms with Gasteiger partial charge in [-0.2, -0.15) is 0 Å². The van der Waals surface area contributed by atoms with Gasteiger partial charge < -0.3 is 23.5 Å². The van der Waals surface area contributed by atoms with Gasteiger partial charge in [-0.15, -0.1) is 0 Å². The Bertz CT molecular complexity index is 8.04. The average molecular weight is 146 g/mol. The van der Waals surface area contributed by atoms with E-state index in [-0.39, 0.29) is 82.3 Å². The van der Waals surface area contributed by atoms with E-state index in [0.717, 1.165) is 0 Å². The van der Waals surface area contributed by atoms with Crippen LogP contribution in [0.1, 0.15) is 0 Å². The second-order valence-electron chi connectivity index (χ2n) is 0. The van der Waals surface area contributed by atoms with E-state index in [1.165, 1.54) is 0 Å². The van der Waals surface area contributed by atoms with E-state index in [1.54, 1.807) is 0 Å². The first-order valence-corrected chi connectivity index (χ1v) is 0. The Kier molecular flexibility index (Phi) is 6610. The molecule has 0 aromatic carbocycles. The molecule has 0 fully saturated rings. The van der Waals surface area contributed by atoms with E-state index in [4.69, 9.17) is 0 Å². The van der Waals surface area contributed by atoms with Gasteiger partial charge in [0.15, 0.2) is 0 Å². The number of hydrogen-bond donors (Lipinski definition) is 0. The summed E-state index contributed by atoms with van der Waals surface area (Å²) in [6.07, 6.45) is 0. The minimum atomic E-state index is 0. The Hall–Kier alpha value is 1.29. The molecule has 6 heteroatoms. The molecule has 0 rings (SSSR count). The Balaban J connectivity index is 0. The fourth-order valence-electron chi connectivity index (χ4n) is 0. The first-order chi connectivity index (χ1) is 0. The molecule has 0 radical (unpaired) electrons. The third kappa shape index (κ3) is 123. The molecule has 0 heterocycles. The smallest absolute Gasteiger partial charge is 1.00 e. The minimum absolute atomic E-state index is 0. The maximum Gasteiger partial charge on any atom is 4.00 e. The molecule has 0 saturated carbocycles. The van der Waals surface area contributed by atoms with Gasteiger partial charge in [0.25, 0.3) is 0 Å². The molecule has 0 bridgehead atoms. The summed E-state index contributed by atoms with van der Waals surface area (Å²) in [5.74, 6) is 0. The van der Waals surface area contributed by atoms with E-state index >= 15 is 0 Å². The first-order valence-electron chi connectivity index (χ1n) is 0. The standard InChI is InChI=1S/C.5FH.K/h;5*1H;/q+4;;;;;;+1/p-5. The quantitative estimate of drug-likeness (QED) is 0.235. The largest absolute Gasteiger partial charge is 4.00 e. The Morgan fingerprint density at radius 1 is 0.429 bits per heavy atom. The Labute approximate surface area is 81.3 Å². The van der Waals surface area contributed by atoms with Crippen molar-refractivity contribution in [3.63, 3.8) is 0 Å². The summed E-state index contributed by atoms with van der Waals surface area (Å²) >= 11 is 0. The SMILES string of the molecule is [C+4].[F-].[F-].[F-].[F-].[F-].[K+]. The van der Waals surface area contributed by atoms with Crippen LogP contribution in [0, 0.1) is 7.43 Å². The second kappa shape index (κ2) is 174. The summed E-state index contributed by atoms with van der Waals surface area (Å²) in [6, 6.07) is 0. The van der Waals surface area contributed by atoms with Gasteiger partial charge >= 0.3 is 58.8 Å². The van der Waals surface area contributed by atoms with Crippen LogP contribution in [0.2, 0.25) is 0 Å². The molecule has 0 aliphatic heterocycles. The van der Waals surface area contributed by atoms with Gasteiger partial charge in [-0.1, -0.05) is 0 Å². The van der Waals surface area contributed by atoms with Crippen molar-refractivity contribution in [3.05, 3.63) is 7.43 Å². The molecule has 0 N–H and O–H groups in total. The van der Waals surface area contributed by atoms with Gasteiger partial charge in [0, 0.05) is 0 Å². The van der Waals surface area contributed by atoms with Gasteiger partial charge in [-0.25, -0.2) is 0 Å². The summed E-state index contributed by atoms with van der Waals surface area (Å²) in [5, 5.41) is 0. The molecule has 0 nitrogen and oxygen atoms in total. The molecule has 0 aliphatic carbocycles. The number of halogens is 5. The Morgan fingerprint density at radius 3 is 0.429 bits per heavy atom. The fourth-order valence-corrected chi connectivity index (χ4v) is 0. The van der Waals surface area contributed by atoms with Crippen molar-refractivity contribution in [2.75, 3.05) is 0 Å². The van der Waals surface area contributed by atoms with Crippen molar-refractivity contribution in [2.24, 2.45) is 0 Å². The predicted molar refractivity (Wildman–Crippen MR) is 3.24 cm³/mol. The van der Waals surface area contributed by atoms with E-state index in [1.807, 2.05) is 0 Å². The van der Waals surface area contributed by atoms with Gasteiger partial charge in [-0.3, -0.25) is 0 Å². The zero-order valence-corrected chi connectivity index (χ0v) is 6.51. The van der Waals surface area contributed by atoms with Crippen LogP contribution in [0.3, 0.4) is 0 Å². The summed E-state index contributed by atoms with van der Waals surface area (Å²) in [5.41, 5.74) is 0. The van der Waals surface area contributed by atoms with Crippen LogP contribution in [-0.2, 0) is 0 Å². The van der Waals surface area contributed by atoms with E-state index < -0.39 is 0 Å². The van der Waals surface area contributed by atoms with Crippen molar-refractivity contribution < 1.29 is 74.9 Å². The van der Waals surface area contributed by atoms with Crippen LogP contribution in [0.4, 0.5) is 0 Å². The molecule has 0 spiro atoms.